The number of hydrogen-bond acceptors (Lipinski definition) is 3. The summed E-state index contributed by atoms with van der Waals surface area (Å²) in [5.74, 6) is -0.000795. The molecule has 0 aromatic rings. The van der Waals surface area contributed by atoms with Gasteiger partial charge in [0.05, 0.1) is 5.84 Å². The summed E-state index contributed by atoms with van der Waals surface area (Å²) < 4.78 is 27.0. The summed E-state index contributed by atoms with van der Waals surface area (Å²) in [4.78, 5) is 0. The number of amidine groups is 1. The highest BCUT2D eigenvalue weighted by atomic mass is 32.2. The molecule has 0 aliphatic heterocycles. The molecule has 15 heavy (non-hydrogen) atoms. The molecule has 7 heteroatoms. The van der Waals surface area contributed by atoms with E-state index in [0.717, 1.165) is 6.42 Å². The first-order valence-electron chi connectivity index (χ1n) is 5.01. The van der Waals surface area contributed by atoms with Gasteiger partial charge in [-0.1, -0.05) is 13.8 Å². The Morgan fingerprint density at radius 3 is 2.47 bits per heavy atom. The number of nitrogens with zero attached hydrogens (tertiary/aromatic N) is 1. The van der Waals surface area contributed by atoms with Crippen LogP contribution in [0, 0.1) is 5.41 Å². The summed E-state index contributed by atoms with van der Waals surface area (Å²) in [6.45, 7) is 4.72. The molecule has 0 aromatic carbocycles. The topological polar surface area (TPSA) is 99.3 Å². The minimum Gasteiger partial charge on any atom is -0.388 e. The Hall–Kier alpha value is -0.660. The van der Waals surface area contributed by atoms with E-state index in [1.807, 2.05) is 6.92 Å². The van der Waals surface area contributed by atoms with Crippen LogP contribution in [0.2, 0.25) is 0 Å². The summed E-state index contributed by atoms with van der Waals surface area (Å²) in [6.07, 6.45) is 1.02. The molecule has 0 atom stereocenters. The van der Waals surface area contributed by atoms with Crippen LogP contribution in [-0.2, 0) is 10.2 Å². The molecule has 0 aliphatic rings. The van der Waals surface area contributed by atoms with Gasteiger partial charge in [0.1, 0.15) is 0 Å². The van der Waals surface area contributed by atoms with Crippen LogP contribution in [0.5, 0.6) is 0 Å². The standard InChI is InChI=1S/C8H20N4O2S/c1-3-6-11-15(13,14)12(4-2)7-5-8(9)10/h11H,3-7H2,1-2H3,(H3,9,10). The summed E-state index contributed by atoms with van der Waals surface area (Å²) in [5, 5.41) is 7.04. The van der Waals surface area contributed by atoms with Gasteiger partial charge in [-0.15, -0.1) is 0 Å². The van der Waals surface area contributed by atoms with E-state index in [-0.39, 0.29) is 18.8 Å². The first-order chi connectivity index (χ1) is 6.94. The molecule has 0 saturated carbocycles. The van der Waals surface area contributed by atoms with Crippen LogP contribution in [0.4, 0.5) is 0 Å². The van der Waals surface area contributed by atoms with E-state index >= 15 is 0 Å². The van der Waals surface area contributed by atoms with Gasteiger partial charge < -0.3 is 5.73 Å². The van der Waals surface area contributed by atoms with Crippen LogP contribution in [0.25, 0.3) is 0 Å². The summed E-state index contributed by atoms with van der Waals surface area (Å²) in [7, 11) is -3.40. The maximum Gasteiger partial charge on any atom is 0.279 e. The second-order valence-corrected chi connectivity index (χ2v) is 4.92. The van der Waals surface area contributed by atoms with E-state index in [2.05, 4.69) is 4.72 Å². The van der Waals surface area contributed by atoms with E-state index in [9.17, 15) is 8.42 Å². The van der Waals surface area contributed by atoms with Gasteiger partial charge in [0.2, 0.25) is 0 Å². The van der Waals surface area contributed by atoms with Crippen LogP contribution in [0.15, 0.2) is 0 Å². The fraction of sp³-hybridized carbons (Fsp3) is 0.875. The van der Waals surface area contributed by atoms with Crippen molar-refractivity contribution in [3.05, 3.63) is 0 Å². The first-order valence-corrected chi connectivity index (χ1v) is 6.45. The predicted octanol–water partition coefficient (Wildman–Crippen LogP) is -0.121. The average Bonchev–Trinajstić information content (AvgIpc) is 2.15. The number of nitrogens with two attached hydrogens (primary N) is 1. The molecule has 0 heterocycles. The monoisotopic (exact) mass is 236 g/mol. The van der Waals surface area contributed by atoms with Gasteiger partial charge in [0, 0.05) is 26.1 Å². The molecule has 0 aromatic heterocycles. The Kier molecular flexibility index (Phi) is 6.46. The number of nitrogens with one attached hydrogen (secondary N) is 2. The molecule has 0 spiro atoms. The van der Waals surface area contributed by atoms with Gasteiger partial charge in [0.15, 0.2) is 0 Å². The largest absolute Gasteiger partial charge is 0.388 e. The van der Waals surface area contributed by atoms with E-state index in [1.54, 1.807) is 6.92 Å². The van der Waals surface area contributed by atoms with Gasteiger partial charge in [-0.3, -0.25) is 5.41 Å². The molecule has 0 radical (unpaired) electrons. The van der Waals surface area contributed by atoms with Gasteiger partial charge >= 0.3 is 0 Å². The molecule has 0 aliphatic carbocycles. The van der Waals surface area contributed by atoms with Crippen molar-refractivity contribution in [3.63, 3.8) is 0 Å². The average molecular weight is 236 g/mol. The SMILES string of the molecule is CCCNS(=O)(=O)N(CC)CCC(=N)N. The van der Waals surface area contributed by atoms with Crippen LogP contribution in [0.3, 0.4) is 0 Å². The molecule has 90 valence electrons. The van der Waals surface area contributed by atoms with E-state index < -0.39 is 10.2 Å². The highest BCUT2D eigenvalue weighted by Gasteiger charge is 2.18. The molecule has 0 bridgehead atoms. The van der Waals surface area contributed by atoms with Crippen molar-refractivity contribution >= 4 is 16.0 Å². The third kappa shape index (κ3) is 5.71. The second kappa shape index (κ2) is 6.76. The van der Waals surface area contributed by atoms with Crippen molar-refractivity contribution in [1.29, 1.82) is 5.41 Å². The molecule has 0 rings (SSSR count). The normalized spacial score (nSPS) is 11.9. The third-order valence-electron chi connectivity index (χ3n) is 1.86. The van der Waals surface area contributed by atoms with Gasteiger partial charge in [-0.2, -0.15) is 12.7 Å². The zero-order valence-corrected chi connectivity index (χ0v) is 10.1. The molecule has 6 nitrogen and oxygen atoms in total. The van der Waals surface area contributed by atoms with Crippen molar-refractivity contribution in [1.82, 2.24) is 9.03 Å². The van der Waals surface area contributed by atoms with E-state index in [1.165, 1.54) is 4.31 Å². The molecular weight excluding hydrogens is 216 g/mol. The van der Waals surface area contributed by atoms with Crippen molar-refractivity contribution in [2.75, 3.05) is 19.6 Å². The van der Waals surface area contributed by atoms with Crippen molar-refractivity contribution in [2.45, 2.75) is 26.7 Å². The lowest BCUT2D eigenvalue weighted by Crippen LogP contribution is -2.42. The summed E-state index contributed by atoms with van der Waals surface area (Å²) in [5.41, 5.74) is 5.18. The van der Waals surface area contributed by atoms with Crippen LogP contribution >= 0.6 is 0 Å². The first kappa shape index (κ1) is 14.3. The van der Waals surface area contributed by atoms with E-state index in [4.69, 9.17) is 11.1 Å². The summed E-state index contributed by atoms with van der Waals surface area (Å²) >= 11 is 0. The zero-order valence-electron chi connectivity index (χ0n) is 9.28. The van der Waals surface area contributed by atoms with Crippen molar-refractivity contribution in [2.24, 2.45) is 5.73 Å². The predicted molar refractivity (Wildman–Crippen MR) is 61.0 cm³/mol. The Bertz CT molecular complexity index is 289. The lowest BCUT2D eigenvalue weighted by molar-refractivity contribution is 0.427. The fourth-order valence-electron chi connectivity index (χ4n) is 1.02. The quantitative estimate of drug-likeness (QED) is 0.404. The Labute approximate surface area is 91.5 Å². The molecule has 4 N–H and O–H groups in total. The van der Waals surface area contributed by atoms with Gasteiger partial charge in [-0.25, -0.2) is 4.72 Å². The van der Waals surface area contributed by atoms with Crippen molar-refractivity contribution in [3.8, 4) is 0 Å². The summed E-state index contributed by atoms with van der Waals surface area (Å²) in [6, 6.07) is 0. The minimum atomic E-state index is -3.40. The van der Waals surface area contributed by atoms with Gasteiger partial charge in [-0.05, 0) is 6.42 Å². The molecule has 0 unspecified atom stereocenters. The van der Waals surface area contributed by atoms with Gasteiger partial charge in [0.25, 0.3) is 10.2 Å². The fourth-order valence-corrected chi connectivity index (χ4v) is 2.33. The van der Waals surface area contributed by atoms with Crippen molar-refractivity contribution < 1.29 is 8.42 Å². The highest BCUT2D eigenvalue weighted by molar-refractivity contribution is 7.87. The molecular formula is C8H20N4O2S. The molecule has 0 amide bonds. The lowest BCUT2D eigenvalue weighted by Gasteiger charge is -2.20. The lowest BCUT2D eigenvalue weighted by atomic mass is 10.4. The molecule has 0 fully saturated rings. The van der Waals surface area contributed by atoms with E-state index in [0.29, 0.717) is 13.1 Å². The van der Waals surface area contributed by atoms with Crippen LogP contribution < -0.4 is 10.5 Å². The number of rotatable bonds is 8. The third-order valence-corrected chi connectivity index (χ3v) is 3.55. The van der Waals surface area contributed by atoms with Crippen LogP contribution in [0.1, 0.15) is 26.7 Å². The highest BCUT2D eigenvalue weighted by Crippen LogP contribution is 1.99. The Balaban J connectivity index is 4.31. The smallest absolute Gasteiger partial charge is 0.279 e. The second-order valence-electron chi connectivity index (χ2n) is 3.17. The maximum absolute atomic E-state index is 11.6. The molecule has 0 saturated heterocycles. The Morgan fingerprint density at radius 1 is 1.47 bits per heavy atom. The zero-order chi connectivity index (χ0) is 11.9. The minimum absolute atomic E-state index is 0.000795. The Morgan fingerprint density at radius 2 is 2.07 bits per heavy atom. The number of hydrogen-bond donors (Lipinski definition) is 3. The maximum atomic E-state index is 11.6. The van der Waals surface area contributed by atoms with Crippen LogP contribution in [-0.4, -0.2) is 38.2 Å².